The maximum Gasteiger partial charge on any atom is 0.242 e. The lowest BCUT2D eigenvalue weighted by molar-refractivity contribution is -0.122. The van der Waals surface area contributed by atoms with Gasteiger partial charge in [0.15, 0.2) is 5.17 Å². The van der Waals surface area contributed by atoms with E-state index < -0.39 is 0 Å². The average molecular weight is 257 g/mol. The van der Waals surface area contributed by atoms with Gasteiger partial charge in [0, 0.05) is 12.3 Å². The molecule has 17 heavy (non-hydrogen) atoms. The number of likely N-dealkylation sites (N-methyl/N-ethyl adjacent to an activating group) is 1. The first-order chi connectivity index (χ1) is 8.04. The molecule has 2 unspecified atom stereocenters. The van der Waals surface area contributed by atoms with Gasteiger partial charge in [0.1, 0.15) is 6.04 Å². The van der Waals surface area contributed by atoms with E-state index in [1.165, 1.54) is 0 Å². The van der Waals surface area contributed by atoms with E-state index in [0.29, 0.717) is 18.5 Å². The van der Waals surface area contributed by atoms with Crippen LogP contribution in [0, 0.1) is 5.92 Å². The minimum Gasteiger partial charge on any atom is -0.355 e. The summed E-state index contributed by atoms with van der Waals surface area (Å²) in [6.07, 6.45) is 1.13. The van der Waals surface area contributed by atoms with Crippen LogP contribution in [0.1, 0.15) is 34.1 Å². The molecule has 0 aromatic carbocycles. The van der Waals surface area contributed by atoms with Gasteiger partial charge in [0.25, 0.3) is 0 Å². The van der Waals surface area contributed by atoms with Crippen LogP contribution in [0.25, 0.3) is 0 Å². The molecule has 0 saturated heterocycles. The van der Waals surface area contributed by atoms with E-state index in [0.717, 1.165) is 17.3 Å². The van der Waals surface area contributed by atoms with Crippen molar-refractivity contribution in [3.05, 3.63) is 0 Å². The zero-order valence-electron chi connectivity index (χ0n) is 11.1. The normalized spacial score (nSPS) is 21.9. The van der Waals surface area contributed by atoms with Gasteiger partial charge in [0.05, 0.1) is 6.04 Å². The quantitative estimate of drug-likeness (QED) is 0.804. The third-order valence-corrected chi connectivity index (χ3v) is 3.73. The number of hydrogen-bond acceptors (Lipinski definition) is 4. The van der Waals surface area contributed by atoms with Crippen LogP contribution in [0.15, 0.2) is 4.99 Å². The van der Waals surface area contributed by atoms with Crippen molar-refractivity contribution in [3.63, 3.8) is 0 Å². The molecule has 0 fully saturated rings. The van der Waals surface area contributed by atoms with Gasteiger partial charge in [-0.15, -0.1) is 0 Å². The first-order valence-corrected chi connectivity index (χ1v) is 7.28. The Kier molecular flexibility index (Phi) is 5.82. The minimum atomic E-state index is -0.216. The van der Waals surface area contributed by atoms with Crippen molar-refractivity contribution in [2.24, 2.45) is 10.9 Å². The van der Waals surface area contributed by atoms with Crippen molar-refractivity contribution in [2.45, 2.75) is 46.2 Å². The fourth-order valence-corrected chi connectivity index (χ4v) is 2.69. The molecule has 4 nitrogen and oxygen atoms in total. The second kappa shape index (κ2) is 6.89. The number of nitrogens with zero attached hydrogens (tertiary/aromatic N) is 1. The Balaban J connectivity index is 2.52. The Bertz CT molecular complexity index is 291. The fourth-order valence-electron chi connectivity index (χ4n) is 1.67. The van der Waals surface area contributed by atoms with E-state index in [1.54, 1.807) is 11.8 Å². The first kappa shape index (κ1) is 14.4. The van der Waals surface area contributed by atoms with Crippen LogP contribution in [-0.4, -0.2) is 35.5 Å². The smallest absolute Gasteiger partial charge is 0.242 e. The van der Waals surface area contributed by atoms with Gasteiger partial charge in [-0.25, -0.2) is 0 Å². The Labute approximate surface area is 108 Å². The molecule has 0 aromatic heterocycles. The molecule has 1 aliphatic heterocycles. The Morgan fingerprint density at radius 3 is 2.82 bits per heavy atom. The lowest BCUT2D eigenvalue weighted by atomic mass is 10.0. The predicted molar refractivity (Wildman–Crippen MR) is 74.4 cm³/mol. The summed E-state index contributed by atoms with van der Waals surface area (Å²) < 4.78 is 0. The Morgan fingerprint density at radius 1 is 1.53 bits per heavy atom. The molecule has 0 saturated carbocycles. The van der Waals surface area contributed by atoms with E-state index in [9.17, 15) is 4.79 Å². The molecule has 0 spiro atoms. The number of aliphatic imine (C=N–C) groups is 1. The van der Waals surface area contributed by atoms with Crippen LogP contribution in [0.2, 0.25) is 0 Å². The van der Waals surface area contributed by atoms with E-state index in [4.69, 9.17) is 0 Å². The van der Waals surface area contributed by atoms with Gasteiger partial charge in [0.2, 0.25) is 5.91 Å². The van der Waals surface area contributed by atoms with E-state index in [2.05, 4.69) is 29.5 Å². The van der Waals surface area contributed by atoms with Gasteiger partial charge in [-0.05, 0) is 26.2 Å². The summed E-state index contributed by atoms with van der Waals surface area (Å²) in [6.45, 7) is 8.84. The minimum absolute atomic E-state index is 0.0301. The lowest BCUT2D eigenvalue weighted by Gasteiger charge is -2.25. The first-order valence-electron chi connectivity index (χ1n) is 6.29. The van der Waals surface area contributed by atoms with Crippen molar-refractivity contribution >= 4 is 22.8 Å². The third kappa shape index (κ3) is 4.58. The summed E-state index contributed by atoms with van der Waals surface area (Å²) in [5.41, 5.74) is 0. The van der Waals surface area contributed by atoms with Crippen molar-refractivity contribution in [1.29, 1.82) is 0 Å². The molecule has 1 amide bonds. The second-order valence-corrected chi connectivity index (χ2v) is 5.73. The van der Waals surface area contributed by atoms with Crippen LogP contribution in [0.3, 0.4) is 0 Å². The number of amidine groups is 1. The fraction of sp³-hybridized carbons (Fsp3) is 0.833. The number of carbonyl (C=O) groups is 1. The standard InChI is InChI=1S/C12H23N3OS/c1-5-13-11(16)9(4)14-12-15-10(8(2)3)6-7-17-12/h8-10H,5-7H2,1-4H3,(H,13,16)(H,14,15). The number of hydrogen-bond donors (Lipinski definition) is 2. The monoisotopic (exact) mass is 257 g/mol. The molecule has 0 aromatic rings. The molecule has 5 heteroatoms. The summed E-state index contributed by atoms with van der Waals surface area (Å²) in [5.74, 6) is 1.67. The van der Waals surface area contributed by atoms with Crippen molar-refractivity contribution < 1.29 is 4.79 Å². The van der Waals surface area contributed by atoms with Gasteiger partial charge < -0.3 is 10.6 Å². The molecule has 1 aliphatic rings. The van der Waals surface area contributed by atoms with Crippen LogP contribution in [-0.2, 0) is 4.79 Å². The maximum absolute atomic E-state index is 11.6. The summed E-state index contributed by atoms with van der Waals surface area (Å²) in [5, 5.41) is 6.90. The molecule has 1 rings (SSSR count). The van der Waals surface area contributed by atoms with Gasteiger partial charge in [-0.1, -0.05) is 25.6 Å². The zero-order valence-corrected chi connectivity index (χ0v) is 11.9. The molecule has 2 N–H and O–H groups in total. The number of thioether (sulfide) groups is 1. The van der Waals surface area contributed by atoms with Crippen molar-refractivity contribution in [3.8, 4) is 0 Å². The highest BCUT2D eigenvalue weighted by Gasteiger charge is 2.21. The number of nitrogens with one attached hydrogen (secondary N) is 2. The Hall–Kier alpha value is -0.710. The molecule has 0 radical (unpaired) electrons. The SMILES string of the molecule is CCNC(=O)C(C)NC1=NC(C(C)C)CCS1. The van der Waals surface area contributed by atoms with Crippen LogP contribution in [0.4, 0.5) is 0 Å². The van der Waals surface area contributed by atoms with Crippen LogP contribution >= 0.6 is 11.8 Å². The molecule has 2 atom stereocenters. The van der Waals surface area contributed by atoms with Crippen molar-refractivity contribution in [2.75, 3.05) is 12.3 Å². The highest BCUT2D eigenvalue weighted by molar-refractivity contribution is 8.13. The highest BCUT2D eigenvalue weighted by atomic mass is 32.2. The highest BCUT2D eigenvalue weighted by Crippen LogP contribution is 2.21. The summed E-state index contributed by atoms with van der Waals surface area (Å²) in [6, 6.07) is 0.173. The Morgan fingerprint density at radius 2 is 2.24 bits per heavy atom. The van der Waals surface area contributed by atoms with Gasteiger partial charge in [-0.3, -0.25) is 9.79 Å². The molecular formula is C12H23N3OS. The maximum atomic E-state index is 11.6. The summed E-state index contributed by atoms with van der Waals surface area (Å²) >= 11 is 1.71. The number of carbonyl (C=O) groups excluding carboxylic acids is 1. The molecular weight excluding hydrogens is 234 g/mol. The molecule has 0 aliphatic carbocycles. The second-order valence-electron chi connectivity index (χ2n) is 4.64. The van der Waals surface area contributed by atoms with E-state index in [1.807, 2.05) is 13.8 Å². The van der Waals surface area contributed by atoms with E-state index >= 15 is 0 Å². The number of amides is 1. The molecule has 0 bridgehead atoms. The number of rotatable bonds is 4. The van der Waals surface area contributed by atoms with Gasteiger partial charge in [-0.2, -0.15) is 0 Å². The van der Waals surface area contributed by atoms with Gasteiger partial charge >= 0.3 is 0 Å². The van der Waals surface area contributed by atoms with Crippen LogP contribution < -0.4 is 10.6 Å². The van der Waals surface area contributed by atoms with Crippen LogP contribution in [0.5, 0.6) is 0 Å². The lowest BCUT2D eigenvalue weighted by Crippen LogP contribution is -2.45. The third-order valence-electron chi connectivity index (χ3n) is 2.79. The summed E-state index contributed by atoms with van der Waals surface area (Å²) in [7, 11) is 0. The summed E-state index contributed by atoms with van der Waals surface area (Å²) in [4.78, 5) is 16.2. The van der Waals surface area contributed by atoms with E-state index in [-0.39, 0.29) is 11.9 Å². The predicted octanol–water partition coefficient (Wildman–Crippen LogP) is 1.62. The van der Waals surface area contributed by atoms with Crippen molar-refractivity contribution in [1.82, 2.24) is 10.6 Å². The molecule has 1 heterocycles. The largest absolute Gasteiger partial charge is 0.355 e. The molecule has 98 valence electrons. The zero-order chi connectivity index (χ0) is 12.8. The average Bonchev–Trinajstić information content (AvgIpc) is 2.29. The topological polar surface area (TPSA) is 53.5 Å².